The normalized spacial score (nSPS) is 12.3. The Kier molecular flexibility index (Phi) is 17.6. The van der Waals surface area contributed by atoms with Gasteiger partial charge in [0.2, 0.25) is 0 Å². The van der Waals surface area contributed by atoms with Gasteiger partial charge in [0.25, 0.3) is 0 Å². The van der Waals surface area contributed by atoms with E-state index in [0.717, 1.165) is 31.6 Å². The van der Waals surface area contributed by atoms with Gasteiger partial charge in [0.05, 0.1) is 0 Å². The molecule has 160 valence electrons. The lowest BCUT2D eigenvalue weighted by Crippen LogP contribution is -2.18. The summed E-state index contributed by atoms with van der Waals surface area (Å²) >= 11 is 0. The summed E-state index contributed by atoms with van der Waals surface area (Å²) in [6, 6.07) is 0. The lowest BCUT2D eigenvalue weighted by Gasteiger charge is -2.18. The third-order valence-corrected chi connectivity index (χ3v) is 5.01. The standard InChI is InChI=1S/C23H44O4/c1-4-5-6-7-8-11-16-21(17-12-9-10-15-20(2)3)27-23(26)19-14-13-18-22(24)25/h20-21H,4-19H2,1-3H3,(H,24,25). The molecule has 0 fully saturated rings. The lowest BCUT2D eigenvalue weighted by molar-refractivity contribution is -0.150. The van der Waals surface area contributed by atoms with Gasteiger partial charge in [0, 0.05) is 12.8 Å². The third kappa shape index (κ3) is 19.5. The van der Waals surface area contributed by atoms with E-state index in [4.69, 9.17) is 9.84 Å². The average Bonchev–Trinajstić information content (AvgIpc) is 2.60. The van der Waals surface area contributed by atoms with Gasteiger partial charge >= 0.3 is 11.9 Å². The summed E-state index contributed by atoms with van der Waals surface area (Å²) in [5.74, 6) is -0.197. The molecule has 0 saturated heterocycles. The fourth-order valence-electron chi connectivity index (χ4n) is 3.31. The van der Waals surface area contributed by atoms with Crippen LogP contribution in [0.1, 0.15) is 124 Å². The molecule has 0 aromatic heterocycles. The van der Waals surface area contributed by atoms with Gasteiger partial charge in [-0.15, -0.1) is 0 Å². The van der Waals surface area contributed by atoms with Gasteiger partial charge in [-0.2, -0.15) is 0 Å². The van der Waals surface area contributed by atoms with E-state index in [-0.39, 0.29) is 18.5 Å². The summed E-state index contributed by atoms with van der Waals surface area (Å²) in [6.07, 6.45) is 16.0. The summed E-state index contributed by atoms with van der Waals surface area (Å²) in [6.45, 7) is 6.74. The van der Waals surface area contributed by atoms with Crippen molar-refractivity contribution in [1.29, 1.82) is 0 Å². The Balaban J connectivity index is 4.08. The summed E-state index contributed by atoms with van der Waals surface area (Å²) < 4.78 is 5.73. The minimum atomic E-state index is -0.800. The summed E-state index contributed by atoms with van der Waals surface area (Å²) in [4.78, 5) is 22.6. The van der Waals surface area contributed by atoms with Crippen molar-refractivity contribution in [1.82, 2.24) is 0 Å². The highest BCUT2D eigenvalue weighted by molar-refractivity contribution is 5.70. The summed E-state index contributed by atoms with van der Waals surface area (Å²) in [5.41, 5.74) is 0. The molecule has 0 aromatic carbocycles. The first-order valence-electron chi connectivity index (χ1n) is 11.4. The first kappa shape index (κ1) is 25.9. The number of unbranched alkanes of at least 4 members (excludes halogenated alkanes) is 8. The quantitative estimate of drug-likeness (QED) is 0.194. The highest BCUT2D eigenvalue weighted by atomic mass is 16.5. The molecule has 4 nitrogen and oxygen atoms in total. The van der Waals surface area contributed by atoms with E-state index in [9.17, 15) is 9.59 Å². The number of esters is 1. The molecule has 0 aliphatic carbocycles. The SMILES string of the molecule is CCCCCCCCC(CCCCCC(C)C)OC(=O)CCCCC(=O)O. The van der Waals surface area contributed by atoms with Crippen LogP contribution in [0, 0.1) is 5.92 Å². The van der Waals surface area contributed by atoms with Crippen LogP contribution in [0.3, 0.4) is 0 Å². The van der Waals surface area contributed by atoms with Crippen LogP contribution in [0.2, 0.25) is 0 Å². The third-order valence-electron chi connectivity index (χ3n) is 5.01. The number of rotatable bonds is 19. The van der Waals surface area contributed by atoms with Crippen LogP contribution in [-0.2, 0) is 14.3 Å². The molecule has 0 aliphatic rings. The second-order valence-corrected chi connectivity index (χ2v) is 8.30. The second-order valence-electron chi connectivity index (χ2n) is 8.30. The fraction of sp³-hybridized carbons (Fsp3) is 0.913. The minimum absolute atomic E-state index is 0.0437. The molecule has 4 heteroatoms. The van der Waals surface area contributed by atoms with E-state index >= 15 is 0 Å². The first-order valence-corrected chi connectivity index (χ1v) is 11.4. The zero-order chi connectivity index (χ0) is 20.3. The van der Waals surface area contributed by atoms with Crippen molar-refractivity contribution in [2.75, 3.05) is 0 Å². The second kappa shape index (κ2) is 18.3. The minimum Gasteiger partial charge on any atom is -0.481 e. The molecule has 0 amide bonds. The van der Waals surface area contributed by atoms with Gasteiger partial charge in [-0.3, -0.25) is 9.59 Å². The largest absolute Gasteiger partial charge is 0.481 e. The van der Waals surface area contributed by atoms with E-state index in [0.29, 0.717) is 19.3 Å². The van der Waals surface area contributed by atoms with Crippen molar-refractivity contribution in [3.05, 3.63) is 0 Å². The van der Waals surface area contributed by atoms with Crippen LogP contribution in [0.5, 0.6) is 0 Å². The summed E-state index contributed by atoms with van der Waals surface area (Å²) in [5, 5.41) is 8.66. The molecule has 0 heterocycles. The molecule has 0 rings (SSSR count). The van der Waals surface area contributed by atoms with E-state index in [1.807, 2.05) is 0 Å². The Morgan fingerprint density at radius 1 is 0.741 bits per heavy atom. The molecule has 1 N–H and O–H groups in total. The Labute approximate surface area is 167 Å². The van der Waals surface area contributed by atoms with E-state index in [2.05, 4.69) is 20.8 Å². The lowest BCUT2D eigenvalue weighted by atomic mass is 10.0. The maximum Gasteiger partial charge on any atom is 0.306 e. The Morgan fingerprint density at radius 2 is 1.26 bits per heavy atom. The molecule has 27 heavy (non-hydrogen) atoms. The van der Waals surface area contributed by atoms with Gasteiger partial charge in [0.1, 0.15) is 6.10 Å². The monoisotopic (exact) mass is 384 g/mol. The number of hydrogen-bond donors (Lipinski definition) is 1. The van der Waals surface area contributed by atoms with Crippen LogP contribution in [0.25, 0.3) is 0 Å². The van der Waals surface area contributed by atoms with Gasteiger partial charge in [-0.05, 0) is 44.4 Å². The summed E-state index contributed by atoms with van der Waals surface area (Å²) in [7, 11) is 0. The highest BCUT2D eigenvalue weighted by Crippen LogP contribution is 2.18. The molecular weight excluding hydrogens is 340 g/mol. The molecule has 0 saturated carbocycles. The smallest absolute Gasteiger partial charge is 0.306 e. The van der Waals surface area contributed by atoms with Crippen molar-refractivity contribution in [2.45, 2.75) is 130 Å². The molecule has 1 atom stereocenters. The molecule has 0 aromatic rings. The number of carbonyl (C=O) groups excluding carboxylic acids is 1. The van der Waals surface area contributed by atoms with Gasteiger partial charge < -0.3 is 9.84 Å². The topological polar surface area (TPSA) is 63.6 Å². The maximum atomic E-state index is 12.1. The number of carboxylic acids is 1. The Morgan fingerprint density at radius 3 is 1.85 bits per heavy atom. The number of ether oxygens (including phenoxy) is 1. The van der Waals surface area contributed by atoms with Crippen molar-refractivity contribution in [3.63, 3.8) is 0 Å². The molecular formula is C23H44O4. The van der Waals surface area contributed by atoms with E-state index in [1.54, 1.807) is 0 Å². The van der Waals surface area contributed by atoms with Gasteiger partial charge in [0.15, 0.2) is 0 Å². The van der Waals surface area contributed by atoms with Gasteiger partial charge in [-0.1, -0.05) is 72.1 Å². The van der Waals surface area contributed by atoms with Gasteiger partial charge in [-0.25, -0.2) is 0 Å². The molecule has 0 aliphatic heterocycles. The fourth-order valence-corrected chi connectivity index (χ4v) is 3.31. The van der Waals surface area contributed by atoms with Crippen molar-refractivity contribution < 1.29 is 19.4 Å². The van der Waals surface area contributed by atoms with Crippen molar-refractivity contribution in [2.24, 2.45) is 5.92 Å². The van der Waals surface area contributed by atoms with Crippen LogP contribution >= 0.6 is 0 Å². The maximum absolute atomic E-state index is 12.1. The van der Waals surface area contributed by atoms with Crippen LogP contribution in [-0.4, -0.2) is 23.1 Å². The van der Waals surface area contributed by atoms with Crippen LogP contribution in [0.15, 0.2) is 0 Å². The Bertz CT molecular complexity index is 365. The van der Waals surface area contributed by atoms with E-state index in [1.165, 1.54) is 51.4 Å². The molecule has 0 radical (unpaired) electrons. The average molecular weight is 385 g/mol. The number of hydrogen-bond acceptors (Lipinski definition) is 3. The predicted octanol–water partition coefficient (Wildman–Crippen LogP) is 6.90. The molecule has 1 unspecified atom stereocenters. The molecule has 0 spiro atoms. The number of carboxylic acid groups (broad SMARTS) is 1. The predicted molar refractivity (Wildman–Crippen MR) is 112 cm³/mol. The van der Waals surface area contributed by atoms with Crippen molar-refractivity contribution in [3.8, 4) is 0 Å². The highest BCUT2D eigenvalue weighted by Gasteiger charge is 2.14. The number of carbonyl (C=O) groups is 2. The van der Waals surface area contributed by atoms with E-state index < -0.39 is 5.97 Å². The Hall–Kier alpha value is -1.06. The number of aliphatic carboxylic acids is 1. The first-order chi connectivity index (χ1) is 13.0. The van der Waals surface area contributed by atoms with Crippen LogP contribution in [0.4, 0.5) is 0 Å². The zero-order valence-corrected chi connectivity index (χ0v) is 18.1. The van der Waals surface area contributed by atoms with Crippen LogP contribution < -0.4 is 0 Å². The molecule has 0 bridgehead atoms. The zero-order valence-electron chi connectivity index (χ0n) is 18.1. The van der Waals surface area contributed by atoms with Crippen molar-refractivity contribution >= 4 is 11.9 Å².